The molecule has 0 aliphatic rings. The van der Waals surface area contributed by atoms with Crippen LogP contribution in [0.3, 0.4) is 0 Å². The molecule has 2 N–H and O–H groups in total. The molecule has 0 atom stereocenters. The Morgan fingerprint density at radius 2 is 1.97 bits per heavy atom. The summed E-state index contributed by atoms with van der Waals surface area (Å²) in [5.74, 6) is 0.952. The molecule has 2 amide bonds. The average molecular weight is 410 g/mol. The molecule has 2 aromatic heterocycles. The highest BCUT2D eigenvalue weighted by molar-refractivity contribution is 7.98. The smallest absolute Gasteiger partial charge is 0.254 e. The maximum absolute atomic E-state index is 12.7. The van der Waals surface area contributed by atoms with E-state index in [1.807, 2.05) is 26.0 Å². The Labute approximate surface area is 173 Å². The van der Waals surface area contributed by atoms with E-state index in [9.17, 15) is 9.59 Å². The second-order valence-electron chi connectivity index (χ2n) is 6.32. The van der Waals surface area contributed by atoms with Gasteiger partial charge in [-0.3, -0.25) is 9.59 Å². The van der Waals surface area contributed by atoms with Crippen molar-refractivity contribution in [2.75, 3.05) is 6.54 Å². The Bertz CT molecular complexity index is 1000. The van der Waals surface area contributed by atoms with Gasteiger partial charge in [0.2, 0.25) is 0 Å². The zero-order valence-corrected chi connectivity index (χ0v) is 17.1. The summed E-state index contributed by atoms with van der Waals surface area (Å²) in [4.78, 5) is 29.0. The van der Waals surface area contributed by atoms with Gasteiger partial charge in [0.05, 0.1) is 11.3 Å². The van der Waals surface area contributed by atoms with Crippen molar-refractivity contribution in [3.63, 3.8) is 0 Å². The van der Waals surface area contributed by atoms with E-state index >= 15 is 0 Å². The van der Waals surface area contributed by atoms with Gasteiger partial charge in [0, 0.05) is 36.7 Å². The molecule has 0 aliphatic heterocycles. The van der Waals surface area contributed by atoms with Crippen LogP contribution >= 0.6 is 11.8 Å². The van der Waals surface area contributed by atoms with Gasteiger partial charge in [-0.2, -0.15) is 0 Å². The number of pyridine rings is 1. The number of aryl methyl sites for hydroxylation is 1. The average Bonchev–Trinajstić information content (AvgIpc) is 3.16. The molecule has 0 saturated heterocycles. The third-order valence-corrected chi connectivity index (χ3v) is 5.07. The summed E-state index contributed by atoms with van der Waals surface area (Å²) in [6, 6.07) is 12.5. The highest BCUT2D eigenvalue weighted by atomic mass is 32.2. The monoisotopic (exact) mass is 410 g/mol. The summed E-state index contributed by atoms with van der Waals surface area (Å²) < 4.78 is 5.07. The van der Waals surface area contributed by atoms with Crippen LogP contribution in [0.2, 0.25) is 0 Å². The van der Waals surface area contributed by atoms with Crippen molar-refractivity contribution >= 4 is 23.6 Å². The quantitative estimate of drug-likeness (QED) is 0.553. The van der Waals surface area contributed by atoms with Crippen molar-refractivity contribution in [2.45, 2.75) is 31.2 Å². The fourth-order valence-electron chi connectivity index (χ4n) is 2.67. The lowest BCUT2D eigenvalue weighted by Gasteiger charge is -2.10. The van der Waals surface area contributed by atoms with Gasteiger partial charge in [-0.15, -0.1) is 0 Å². The van der Waals surface area contributed by atoms with Crippen LogP contribution in [-0.4, -0.2) is 28.5 Å². The molecular formula is C21H22N4O3S. The Morgan fingerprint density at radius 1 is 1.10 bits per heavy atom. The first-order valence-electron chi connectivity index (χ1n) is 9.22. The van der Waals surface area contributed by atoms with Crippen LogP contribution in [0.5, 0.6) is 0 Å². The summed E-state index contributed by atoms with van der Waals surface area (Å²) in [5, 5.41) is 10.3. The molecule has 0 bridgehead atoms. The van der Waals surface area contributed by atoms with Gasteiger partial charge in [-0.05, 0) is 43.7 Å². The topological polar surface area (TPSA) is 97.1 Å². The number of thioether (sulfide) groups is 1. The molecule has 0 unspecified atom stereocenters. The molecule has 29 heavy (non-hydrogen) atoms. The minimum absolute atomic E-state index is 0.130. The largest absolute Gasteiger partial charge is 0.361 e. The van der Waals surface area contributed by atoms with Crippen molar-refractivity contribution in [1.29, 1.82) is 0 Å². The van der Waals surface area contributed by atoms with Crippen LogP contribution in [-0.2, 0) is 12.3 Å². The van der Waals surface area contributed by atoms with Crippen LogP contribution < -0.4 is 10.6 Å². The van der Waals surface area contributed by atoms with E-state index in [1.165, 1.54) is 11.8 Å². The lowest BCUT2D eigenvalue weighted by atomic mass is 10.1. The first-order chi connectivity index (χ1) is 14.1. The zero-order chi connectivity index (χ0) is 20.6. The van der Waals surface area contributed by atoms with Crippen molar-refractivity contribution in [1.82, 2.24) is 20.8 Å². The molecule has 0 spiro atoms. The van der Waals surface area contributed by atoms with Crippen LogP contribution in [0.1, 0.15) is 44.7 Å². The fourth-order valence-corrected chi connectivity index (χ4v) is 3.54. The lowest BCUT2D eigenvalue weighted by Crippen LogP contribution is -2.25. The molecule has 7 nitrogen and oxygen atoms in total. The third-order valence-electron chi connectivity index (χ3n) is 4.03. The van der Waals surface area contributed by atoms with E-state index in [2.05, 4.69) is 20.8 Å². The SMILES string of the molecule is CCNC(=O)c1cccc(CNC(=O)c2cccnc2SCc2cc(C)on2)c1. The minimum atomic E-state index is -0.222. The Hall–Kier alpha value is -3.13. The predicted molar refractivity (Wildman–Crippen MR) is 111 cm³/mol. The molecule has 3 rings (SSSR count). The number of amides is 2. The molecule has 0 fully saturated rings. The normalized spacial score (nSPS) is 10.6. The maximum Gasteiger partial charge on any atom is 0.254 e. The minimum Gasteiger partial charge on any atom is -0.361 e. The summed E-state index contributed by atoms with van der Waals surface area (Å²) in [7, 11) is 0. The molecule has 0 saturated carbocycles. The number of carbonyl (C=O) groups excluding carboxylic acids is 2. The number of aromatic nitrogens is 2. The summed E-state index contributed by atoms with van der Waals surface area (Å²) in [5.41, 5.74) is 2.71. The van der Waals surface area contributed by atoms with Crippen molar-refractivity contribution in [3.05, 3.63) is 76.8 Å². The van der Waals surface area contributed by atoms with Gasteiger partial charge in [0.25, 0.3) is 11.8 Å². The first-order valence-corrected chi connectivity index (χ1v) is 10.2. The second-order valence-corrected chi connectivity index (χ2v) is 7.28. The van der Waals surface area contributed by atoms with Gasteiger partial charge in [-0.1, -0.05) is 29.1 Å². The number of hydrogen-bond donors (Lipinski definition) is 2. The number of rotatable bonds is 8. The lowest BCUT2D eigenvalue weighted by molar-refractivity contribution is 0.0944. The second kappa shape index (κ2) is 9.88. The number of nitrogens with zero attached hydrogens (tertiary/aromatic N) is 2. The van der Waals surface area contributed by atoms with Crippen molar-refractivity contribution < 1.29 is 14.1 Å². The van der Waals surface area contributed by atoms with E-state index in [0.29, 0.717) is 35.0 Å². The summed E-state index contributed by atoms with van der Waals surface area (Å²) in [6.45, 7) is 4.58. The van der Waals surface area contributed by atoms with Crippen LogP contribution in [0.15, 0.2) is 58.2 Å². The molecule has 0 aliphatic carbocycles. The van der Waals surface area contributed by atoms with E-state index in [-0.39, 0.29) is 11.8 Å². The molecule has 150 valence electrons. The molecule has 2 heterocycles. The third kappa shape index (κ3) is 5.68. The van der Waals surface area contributed by atoms with Gasteiger partial charge in [-0.25, -0.2) is 4.98 Å². The molecule has 0 radical (unpaired) electrons. The van der Waals surface area contributed by atoms with Crippen molar-refractivity contribution in [2.24, 2.45) is 0 Å². The highest BCUT2D eigenvalue weighted by Crippen LogP contribution is 2.24. The number of hydrogen-bond acceptors (Lipinski definition) is 6. The van der Waals surface area contributed by atoms with Gasteiger partial charge < -0.3 is 15.2 Å². The van der Waals surface area contributed by atoms with E-state index in [1.54, 1.807) is 36.5 Å². The predicted octanol–water partition coefficient (Wildman–Crippen LogP) is 3.35. The fraction of sp³-hybridized carbons (Fsp3) is 0.238. The Morgan fingerprint density at radius 3 is 2.72 bits per heavy atom. The highest BCUT2D eigenvalue weighted by Gasteiger charge is 2.14. The van der Waals surface area contributed by atoms with Crippen LogP contribution in [0.25, 0.3) is 0 Å². The number of carbonyl (C=O) groups is 2. The summed E-state index contributed by atoms with van der Waals surface area (Å²) in [6.07, 6.45) is 1.66. The van der Waals surface area contributed by atoms with Crippen molar-refractivity contribution in [3.8, 4) is 0 Å². The zero-order valence-electron chi connectivity index (χ0n) is 16.3. The molecule has 1 aromatic carbocycles. The maximum atomic E-state index is 12.7. The summed E-state index contributed by atoms with van der Waals surface area (Å²) >= 11 is 1.43. The molecule has 8 heteroatoms. The Balaban J connectivity index is 1.64. The molecule has 3 aromatic rings. The van der Waals surface area contributed by atoms with Crippen LogP contribution in [0, 0.1) is 6.92 Å². The Kier molecular flexibility index (Phi) is 7.02. The van der Waals surface area contributed by atoms with Crippen LogP contribution in [0.4, 0.5) is 0 Å². The number of benzene rings is 1. The molecular weight excluding hydrogens is 388 g/mol. The van der Waals surface area contributed by atoms with E-state index < -0.39 is 0 Å². The first kappa shape index (κ1) is 20.6. The number of nitrogens with one attached hydrogen (secondary N) is 2. The standard InChI is InChI=1S/C21H22N4O3S/c1-3-22-19(26)16-7-4-6-15(11-16)12-24-20(27)18-8-5-9-23-21(18)29-13-17-10-14(2)28-25-17/h4-11H,3,12-13H2,1-2H3,(H,22,26)(H,24,27). The van der Waals surface area contributed by atoms with Gasteiger partial charge in [0.1, 0.15) is 10.8 Å². The van der Waals surface area contributed by atoms with Gasteiger partial charge >= 0.3 is 0 Å². The van der Waals surface area contributed by atoms with Gasteiger partial charge in [0.15, 0.2) is 0 Å². The van der Waals surface area contributed by atoms with E-state index in [0.717, 1.165) is 17.0 Å². The van der Waals surface area contributed by atoms with E-state index in [4.69, 9.17) is 4.52 Å².